The summed E-state index contributed by atoms with van der Waals surface area (Å²) >= 11 is 11.9. The monoisotopic (exact) mass is 465 g/mol. The summed E-state index contributed by atoms with van der Waals surface area (Å²) in [5.41, 5.74) is 1.97. The second-order valence-electron chi connectivity index (χ2n) is 7.34. The predicted molar refractivity (Wildman–Crippen MR) is 125 cm³/mol. The molecule has 2 N–H and O–H groups in total. The zero-order valence-corrected chi connectivity index (χ0v) is 18.1. The lowest BCUT2D eigenvalue weighted by Crippen LogP contribution is -2.29. The van der Waals surface area contributed by atoms with Crippen LogP contribution in [0.5, 0.6) is 5.75 Å². The standard InChI is InChI=1S/C24H17ClFN3O2S/c25-15-6-9-19(30)18(13-15)29-23(22(28-24(29)32)17-3-1-2-12-27-17)21-11-10-20(31-21)14-4-7-16(26)8-5-14/h1-13,22-23,30H,(H,28,32)/t22-,23+/m1/s1. The number of hydrogen-bond acceptors (Lipinski definition) is 4. The fraction of sp³-hybridized carbons (Fsp3) is 0.0833. The summed E-state index contributed by atoms with van der Waals surface area (Å²) in [4.78, 5) is 6.27. The molecule has 0 spiro atoms. The minimum Gasteiger partial charge on any atom is -0.506 e. The Kier molecular flexibility index (Phi) is 5.28. The van der Waals surface area contributed by atoms with Crippen LogP contribution in [0.25, 0.3) is 11.3 Å². The molecular weight excluding hydrogens is 449 g/mol. The van der Waals surface area contributed by atoms with E-state index in [-0.39, 0.29) is 17.6 Å². The molecule has 160 valence electrons. The van der Waals surface area contributed by atoms with Crippen LogP contribution in [-0.4, -0.2) is 15.2 Å². The third kappa shape index (κ3) is 3.70. The van der Waals surface area contributed by atoms with Crippen LogP contribution in [0, 0.1) is 5.82 Å². The molecule has 2 aromatic carbocycles. The van der Waals surface area contributed by atoms with Gasteiger partial charge in [-0.1, -0.05) is 17.7 Å². The number of phenols is 1. The lowest BCUT2D eigenvalue weighted by molar-refractivity contribution is 0.434. The zero-order chi connectivity index (χ0) is 22.2. The summed E-state index contributed by atoms with van der Waals surface area (Å²) in [7, 11) is 0. The first-order valence-corrected chi connectivity index (χ1v) is 10.6. The molecule has 5 nitrogen and oxygen atoms in total. The fourth-order valence-electron chi connectivity index (χ4n) is 3.87. The molecule has 2 atom stereocenters. The molecule has 1 fully saturated rings. The van der Waals surface area contributed by atoms with E-state index in [1.54, 1.807) is 35.4 Å². The summed E-state index contributed by atoms with van der Waals surface area (Å²) in [6.45, 7) is 0. The Morgan fingerprint density at radius 3 is 2.62 bits per heavy atom. The van der Waals surface area contributed by atoms with Gasteiger partial charge in [-0.3, -0.25) is 4.98 Å². The van der Waals surface area contributed by atoms with Crippen molar-refractivity contribution in [2.45, 2.75) is 12.1 Å². The Balaban J connectivity index is 1.62. The lowest BCUT2D eigenvalue weighted by Gasteiger charge is -2.26. The number of thiocarbonyl (C=S) groups is 1. The highest BCUT2D eigenvalue weighted by atomic mass is 35.5. The average Bonchev–Trinajstić information content (AvgIpc) is 3.41. The lowest BCUT2D eigenvalue weighted by atomic mass is 10.0. The first-order chi connectivity index (χ1) is 15.5. The van der Waals surface area contributed by atoms with Crippen LogP contribution in [0.3, 0.4) is 0 Å². The Morgan fingerprint density at radius 1 is 1.06 bits per heavy atom. The predicted octanol–water partition coefficient (Wildman–Crippen LogP) is 6.02. The molecule has 1 saturated heterocycles. The maximum atomic E-state index is 13.3. The Hall–Kier alpha value is -3.42. The smallest absolute Gasteiger partial charge is 0.174 e. The Morgan fingerprint density at radius 2 is 1.88 bits per heavy atom. The minimum atomic E-state index is -0.448. The Bertz CT molecular complexity index is 1280. The molecular formula is C24H17ClFN3O2S. The molecule has 2 aromatic heterocycles. The van der Waals surface area contributed by atoms with E-state index in [0.717, 1.165) is 11.3 Å². The van der Waals surface area contributed by atoms with Crippen LogP contribution in [0.4, 0.5) is 10.1 Å². The Labute approximate surface area is 194 Å². The number of nitrogens with one attached hydrogen (secondary N) is 1. The van der Waals surface area contributed by atoms with E-state index >= 15 is 0 Å². The summed E-state index contributed by atoms with van der Waals surface area (Å²) < 4.78 is 19.6. The molecule has 5 rings (SSSR count). The van der Waals surface area contributed by atoms with Gasteiger partial charge >= 0.3 is 0 Å². The van der Waals surface area contributed by atoms with Crippen molar-refractivity contribution in [2.24, 2.45) is 0 Å². The van der Waals surface area contributed by atoms with Crippen LogP contribution >= 0.6 is 23.8 Å². The van der Waals surface area contributed by atoms with Gasteiger partial charge in [-0.2, -0.15) is 0 Å². The van der Waals surface area contributed by atoms with Gasteiger partial charge in [0.1, 0.15) is 29.1 Å². The number of rotatable bonds is 4. The first-order valence-electron chi connectivity index (χ1n) is 9.86. The van der Waals surface area contributed by atoms with Crippen LogP contribution in [0.1, 0.15) is 23.5 Å². The number of hydrogen-bond donors (Lipinski definition) is 2. The molecule has 0 saturated carbocycles. The number of phenolic OH excluding ortho intramolecular Hbond substituents is 1. The third-order valence-corrected chi connectivity index (χ3v) is 5.89. The van der Waals surface area contributed by atoms with Gasteiger partial charge in [0.05, 0.1) is 17.4 Å². The fourth-order valence-corrected chi connectivity index (χ4v) is 4.38. The summed E-state index contributed by atoms with van der Waals surface area (Å²) in [6.07, 6.45) is 1.71. The second-order valence-corrected chi connectivity index (χ2v) is 8.16. The number of aromatic nitrogens is 1. The third-order valence-electron chi connectivity index (χ3n) is 5.34. The van der Waals surface area contributed by atoms with E-state index in [2.05, 4.69) is 10.3 Å². The SMILES string of the molecule is Oc1ccc(Cl)cc1N1C(=S)N[C@H](c2ccccn2)[C@@H]1c1ccc(-c2ccc(F)cc2)o1. The van der Waals surface area contributed by atoms with Gasteiger partial charge in [0, 0.05) is 16.8 Å². The highest BCUT2D eigenvalue weighted by Crippen LogP contribution is 2.45. The number of aromatic hydroxyl groups is 1. The van der Waals surface area contributed by atoms with Crippen molar-refractivity contribution in [2.75, 3.05) is 4.90 Å². The van der Waals surface area contributed by atoms with Crippen LogP contribution in [0.15, 0.2) is 83.4 Å². The molecule has 4 aromatic rings. The maximum absolute atomic E-state index is 13.3. The molecule has 32 heavy (non-hydrogen) atoms. The molecule has 0 unspecified atom stereocenters. The first kappa shape index (κ1) is 20.5. The molecule has 3 heterocycles. The van der Waals surface area contributed by atoms with Crippen molar-refractivity contribution in [3.05, 3.63) is 101 Å². The molecule has 0 amide bonds. The van der Waals surface area contributed by atoms with E-state index in [0.29, 0.717) is 27.3 Å². The summed E-state index contributed by atoms with van der Waals surface area (Å²) in [5.74, 6) is 0.916. The average molecular weight is 466 g/mol. The molecule has 1 aliphatic heterocycles. The molecule has 0 bridgehead atoms. The van der Waals surface area contributed by atoms with Crippen LogP contribution in [0.2, 0.25) is 5.02 Å². The summed E-state index contributed by atoms with van der Waals surface area (Å²) in [6, 6.07) is 19.4. The molecule has 8 heteroatoms. The zero-order valence-electron chi connectivity index (χ0n) is 16.6. The number of pyridine rings is 1. The van der Waals surface area contributed by atoms with Crippen LogP contribution < -0.4 is 10.2 Å². The molecule has 0 aliphatic carbocycles. The largest absolute Gasteiger partial charge is 0.506 e. The molecule has 0 radical (unpaired) electrons. The number of furan rings is 1. The van der Waals surface area contributed by atoms with Gasteiger partial charge in [-0.05, 0) is 78.9 Å². The van der Waals surface area contributed by atoms with E-state index in [1.807, 2.05) is 30.3 Å². The van der Waals surface area contributed by atoms with Crippen molar-refractivity contribution in [3.63, 3.8) is 0 Å². The van der Waals surface area contributed by atoms with Gasteiger partial charge < -0.3 is 19.7 Å². The number of anilines is 1. The van der Waals surface area contributed by atoms with E-state index in [4.69, 9.17) is 28.2 Å². The second kappa shape index (κ2) is 8.26. The number of nitrogens with zero attached hydrogens (tertiary/aromatic N) is 2. The highest BCUT2D eigenvalue weighted by molar-refractivity contribution is 7.80. The van der Waals surface area contributed by atoms with E-state index < -0.39 is 6.04 Å². The topological polar surface area (TPSA) is 61.5 Å². The van der Waals surface area contributed by atoms with Crippen molar-refractivity contribution < 1.29 is 13.9 Å². The molecule has 1 aliphatic rings. The van der Waals surface area contributed by atoms with Crippen molar-refractivity contribution >= 4 is 34.6 Å². The van der Waals surface area contributed by atoms with Gasteiger partial charge in [-0.25, -0.2) is 4.39 Å². The van der Waals surface area contributed by atoms with Crippen LogP contribution in [-0.2, 0) is 0 Å². The van der Waals surface area contributed by atoms with E-state index in [9.17, 15) is 9.50 Å². The quantitative estimate of drug-likeness (QED) is 0.359. The minimum absolute atomic E-state index is 0.0375. The summed E-state index contributed by atoms with van der Waals surface area (Å²) in [5, 5.41) is 14.7. The van der Waals surface area contributed by atoms with Crippen molar-refractivity contribution in [1.29, 1.82) is 0 Å². The van der Waals surface area contributed by atoms with Crippen molar-refractivity contribution in [1.82, 2.24) is 10.3 Å². The van der Waals surface area contributed by atoms with Gasteiger partial charge in [0.25, 0.3) is 0 Å². The normalized spacial score (nSPS) is 18.1. The highest BCUT2D eigenvalue weighted by Gasteiger charge is 2.43. The van der Waals surface area contributed by atoms with Gasteiger partial charge in [-0.15, -0.1) is 0 Å². The van der Waals surface area contributed by atoms with Gasteiger partial charge in [0.15, 0.2) is 5.11 Å². The maximum Gasteiger partial charge on any atom is 0.174 e. The van der Waals surface area contributed by atoms with Gasteiger partial charge in [0.2, 0.25) is 0 Å². The van der Waals surface area contributed by atoms with Crippen molar-refractivity contribution in [3.8, 4) is 17.1 Å². The van der Waals surface area contributed by atoms with E-state index in [1.165, 1.54) is 18.2 Å². The number of halogens is 2. The number of benzene rings is 2.